The van der Waals surface area contributed by atoms with Crippen LogP contribution >= 0.6 is 0 Å². The molecule has 0 N–H and O–H groups in total. The third kappa shape index (κ3) is 3.22. The largest absolute Gasteiger partial charge is 0.464 e. The molecule has 1 saturated carbocycles. The van der Waals surface area contributed by atoms with Crippen LogP contribution in [0.2, 0.25) is 0 Å². The van der Waals surface area contributed by atoms with E-state index in [-0.39, 0.29) is 12.0 Å². The van der Waals surface area contributed by atoms with E-state index < -0.39 is 6.04 Å². The van der Waals surface area contributed by atoms with E-state index in [2.05, 4.69) is 0 Å². The molecule has 1 aliphatic carbocycles. The Balaban J connectivity index is 2.57. The summed E-state index contributed by atoms with van der Waals surface area (Å²) in [4.78, 5) is 24.3. The van der Waals surface area contributed by atoms with Gasteiger partial charge >= 0.3 is 5.97 Å². The van der Waals surface area contributed by atoms with Crippen molar-refractivity contribution in [2.75, 3.05) is 6.61 Å². The maximum Gasteiger partial charge on any atom is 0.328 e. The summed E-state index contributed by atoms with van der Waals surface area (Å²) >= 11 is 0. The Kier molecular flexibility index (Phi) is 5.29. The van der Waals surface area contributed by atoms with Gasteiger partial charge < -0.3 is 9.64 Å². The number of ether oxygens (including phenoxy) is 1. The fourth-order valence-corrected chi connectivity index (χ4v) is 2.26. The first-order valence-electron chi connectivity index (χ1n) is 6.10. The van der Waals surface area contributed by atoms with Gasteiger partial charge in [0.1, 0.15) is 6.04 Å². The number of carbonyl (C=O) groups is 2. The molecule has 1 unspecified atom stereocenters. The van der Waals surface area contributed by atoms with Gasteiger partial charge in [-0.25, -0.2) is 4.79 Å². The Labute approximate surface area is 96.9 Å². The predicted molar refractivity (Wildman–Crippen MR) is 60.9 cm³/mol. The number of carbonyl (C=O) groups excluding carboxylic acids is 2. The fourth-order valence-electron chi connectivity index (χ4n) is 2.26. The van der Waals surface area contributed by atoms with Gasteiger partial charge in [-0.1, -0.05) is 19.3 Å². The van der Waals surface area contributed by atoms with Crippen LogP contribution in [0.3, 0.4) is 0 Å². The first-order chi connectivity index (χ1) is 7.70. The third-order valence-corrected chi connectivity index (χ3v) is 3.19. The van der Waals surface area contributed by atoms with Gasteiger partial charge in [-0.2, -0.15) is 0 Å². The summed E-state index contributed by atoms with van der Waals surface area (Å²) in [6.07, 6.45) is 6.31. The zero-order valence-corrected chi connectivity index (χ0v) is 10.1. The zero-order chi connectivity index (χ0) is 12.0. The average Bonchev–Trinajstić information content (AvgIpc) is 2.31. The van der Waals surface area contributed by atoms with Crippen molar-refractivity contribution >= 4 is 12.4 Å². The predicted octanol–water partition coefficient (Wildman–Crippen LogP) is 1.73. The second-order valence-electron chi connectivity index (χ2n) is 4.27. The summed E-state index contributed by atoms with van der Waals surface area (Å²) in [7, 11) is 0. The quantitative estimate of drug-likeness (QED) is 0.531. The Bertz CT molecular complexity index is 236. The molecule has 1 atom stereocenters. The molecule has 92 valence electrons. The Hall–Kier alpha value is -1.06. The Morgan fingerprint density at radius 3 is 2.56 bits per heavy atom. The van der Waals surface area contributed by atoms with E-state index in [1.54, 1.807) is 18.7 Å². The van der Waals surface area contributed by atoms with Gasteiger partial charge in [0.25, 0.3) is 0 Å². The van der Waals surface area contributed by atoms with E-state index >= 15 is 0 Å². The fraction of sp³-hybridized carbons (Fsp3) is 0.833. The molecular formula is C12H21NO3. The summed E-state index contributed by atoms with van der Waals surface area (Å²) in [6.45, 7) is 3.87. The lowest BCUT2D eigenvalue weighted by atomic mass is 9.93. The summed E-state index contributed by atoms with van der Waals surface area (Å²) in [6, 6.07) is -0.244. The second-order valence-corrected chi connectivity index (χ2v) is 4.27. The molecule has 0 aliphatic heterocycles. The number of amides is 1. The number of nitrogens with zero attached hydrogens (tertiary/aromatic N) is 1. The molecule has 0 aromatic carbocycles. The highest BCUT2D eigenvalue weighted by Gasteiger charge is 2.28. The van der Waals surface area contributed by atoms with Crippen LogP contribution in [0.5, 0.6) is 0 Å². The van der Waals surface area contributed by atoms with Gasteiger partial charge in [-0.15, -0.1) is 0 Å². The van der Waals surface area contributed by atoms with Crippen molar-refractivity contribution in [3.05, 3.63) is 0 Å². The summed E-state index contributed by atoms with van der Waals surface area (Å²) in [5.41, 5.74) is 0. The summed E-state index contributed by atoms with van der Waals surface area (Å²) in [5, 5.41) is 0. The van der Waals surface area contributed by atoms with Crippen LogP contribution in [0, 0.1) is 0 Å². The maximum absolute atomic E-state index is 11.6. The molecule has 0 saturated heterocycles. The standard InChI is InChI=1S/C12H21NO3/c1-3-16-12(15)10(2)13(9-14)11-7-5-4-6-8-11/h9-11H,3-8H2,1-2H3. The topological polar surface area (TPSA) is 46.6 Å². The maximum atomic E-state index is 11.6. The van der Waals surface area contributed by atoms with Gasteiger partial charge in [-0.3, -0.25) is 4.79 Å². The van der Waals surface area contributed by atoms with Crippen molar-refractivity contribution in [3.63, 3.8) is 0 Å². The molecule has 1 rings (SSSR count). The number of rotatable bonds is 5. The summed E-state index contributed by atoms with van der Waals surface area (Å²) < 4.78 is 4.94. The minimum absolute atomic E-state index is 0.214. The van der Waals surface area contributed by atoms with Gasteiger partial charge in [0.05, 0.1) is 6.61 Å². The van der Waals surface area contributed by atoms with Crippen molar-refractivity contribution in [2.24, 2.45) is 0 Å². The van der Waals surface area contributed by atoms with Crippen LogP contribution in [-0.4, -0.2) is 36.0 Å². The van der Waals surface area contributed by atoms with Crippen LogP contribution in [0.1, 0.15) is 46.0 Å². The first kappa shape index (κ1) is 13.0. The smallest absolute Gasteiger partial charge is 0.328 e. The van der Waals surface area contributed by atoms with Crippen LogP contribution in [0.4, 0.5) is 0 Å². The van der Waals surface area contributed by atoms with Gasteiger partial charge in [0.15, 0.2) is 0 Å². The van der Waals surface area contributed by atoms with Crippen LogP contribution < -0.4 is 0 Å². The molecule has 0 aromatic heterocycles. The minimum atomic E-state index is -0.458. The molecule has 1 aliphatic rings. The van der Waals surface area contributed by atoms with Crippen LogP contribution in [0.25, 0.3) is 0 Å². The van der Waals surface area contributed by atoms with Gasteiger partial charge in [-0.05, 0) is 26.7 Å². The molecule has 0 spiro atoms. The van der Waals surface area contributed by atoms with E-state index in [0.717, 1.165) is 32.1 Å². The monoisotopic (exact) mass is 227 g/mol. The molecule has 16 heavy (non-hydrogen) atoms. The van der Waals surface area contributed by atoms with E-state index in [1.165, 1.54) is 6.42 Å². The number of esters is 1. The van der Waals surface area contributed by atoms with Crippen molar-refractivity contribution in [1.29, 1.82) is 0 Å². The van der Waals surface area contributed by atoms with Crippen LogP contribution in [0.15, 0.2) is 0 Å². The zero-order valence-electron chi connectivity index (χ0n) is 10.1. The number of hydrogen-bond acceptors (Lipinski definition) is 3. The Morgan fingerprint density at radius 1 is 1.44 bits per heavy atom. The van der Waals surface area contributed by atoms with Gasteiger partial charge in [0.2, 0.25) is 6.41 Å². The molecule has 4 heteroatoms. The first-order valence-corrected chi connectivity index (χ1v) is 6.10. The Morgan fingerprint density at radius 2 is 2.06 bits per heavy atom. The highest BCUT2D eigenvalue weighted by molar-refractivity contribution is 5.77. The SMILES string of the molecule is CCOC(=O)C(C)N(C=O)C1CCCCC1. The lowest BCUT2D eigenvalue weighted by molar-refractivity contribution is -0.152. The van der Waals surface area contributed by atoms with Gasteiger partial charge in [0, 0.05) is 6.04 Å². The van der Waals surface area contributed by atoms with E-state index in [9.17, 15) is 9.59 Å². The average molecular weight is 227 g/mol. The molecule has 0 aromatic rings. The molecule has 0 radical (unpaired) electrons. The van der Waals surface area contributed by atoms with E-state index in [1.807, 2.05) is 0 Å². The van der Waals surface area contributed by atoms with Crippen molar-refractivity contribution in [2.45, 2.75) is 58.0 Å². The van der Waals surface area contributed by atoms with Crippen LogP contribution in [-0.2, 0) is 14.3 Å². The number of hydrogen-bond donors (Lipinski definition) is 0. The minimum Gasteiger partial charge on any atom is -0.464 e. The highest BCUT2D eigenvalue weighted by atomic mass is 16.5. The molecule has 1 fully saturated rings. The highest BCUT2D eigenvalue weighted by Crippen LogP contribution is 2.23. The second kappa shape index (κ2) is 6.51. The normalized spacial score (nSPS) is 18.9. The summed E-state index contributed by atoms with van der Waals surface area (Å²) in [5.74, 6) is -0.305. The molecule has 0 bridgehead atoms. The van der Waals surface area contributed by atoms with E-state index in [4.69, 9.17) is 4.74 Å². The van der Waals surface area contributed by atoms with Crippen molar-refractivity contribution < 1.29 is 14.3 Å². The lowest BCUT2D eigenvalue weighted by Crippen LogP contribution is -2.46. The van der Waals surface area contributed by atoms with Crippen molar-refractivity contribution in [1.82, 2.24) is 4.90 Å². The molecule has 4 nitrogen and oxygen atoms in total. The molecular weight excluding hydrogens is 206 g/mol. The van der Waals surface area contributed by atoms with Crippen molar-refractivity contribution in [3.8, 4) is 0 Å². The third-order valence-electron chi connectivity index (χ3n) is 3.19. The lowest BCUT2D eigenvalue weighted by Gasteiger charge is -2.34. The molecule has 0 heterocycles. The van der Waals surface area contributed by atoms with E-state index in [0.29, 0.717) is 6.61 Å². The molecule has 1 amide bonds.